The van der Waals surface area contributed by atoms with Gasteiger partial charge in [0.15, 0.2) is 0 Å². The molecule has 0 aromatic heterocycles. The molecule has 178 valence electrons. The molecule has 33 heavy (non-hydrogen) atoms. The molecule has 3 heterocycles. The smallest absolute Gasteiger partial charge is 0.277 e. The third-order valence-corrected chi connectivity index (χ3v) is 6.21. The largest absolute Gasteiger partial charge is 0.379 e. The van der Waals surface area contributed by atoms with E-state index in [-0.39, 0.29) is 29.7 Å². The van der Waals surface area contributed by atoms with Gasteiger partial charge in [-0.25, -0.2) is 0 Å². The molecule has 2 fully saturated rings. The van der Waals surface area contributed by atoms with Crippen molar-refractivity contribution < 1.29 is 24.0 Å². The summed E-state index contributed by atoms with van der Waals surface area (Å²) in [5, 5.41) is 11.1. The molecule has 0 saturated carbocycles. The molecular formula is C23H30N4O6. The average molecular weight is 459 g/mol. The zero-order valence-corrected chi connectivity index (χ0v) is 19.1. The maximum Gasteiger partial charge on any atom is 0.277 e. The van der Waals surface area contributed by atoms with Crippen molar-refractivity contribution >= 4 is 23.1 Å². The number of nitro groups is 1. The lowest BCUT2D eigenvalue weighted by Gasteiger charge is -2.37. The molecule has 4 rings (SSSR count). The molecule has 2 amide bonds. The molecule has 10 heteroatoms. The van der Waals surface area contributed by atoms with Gasteiger partial charge in [-0.05, 0) is 38.0 Å². The second kappa shape index (κ2) is 9.98. The maximum atomic E-state index is 13.5. The Kier molecular flexibility index (Phi) is 7.06. The minimum absolute atomic E-state index is 0.0614. The first kappa shape index (κ1) is 23.3. The Hall–Kier alpha value is -2.82. The van der Waals surface area contributed by atoms with Crippen LogP contribution in [0.2, 0.25) is 0 Å². The van der Waals surface area contributed by atoms with E-state index in [4.69, 9.17) is 9.47 Å². The van der Waals surface area contributed by atoms with Gasteiger partial charge in [-0.2, -0.15) is 0 Å². The highest BCUT2D eigenvalue weighted by Crippen LogP contribution is 2.34. The molecule has 0 radical (unpaired) electrons. The van der Waals surface area contributed by atoms with Crippen molar-refractivity contribution in [3.63, 3.8) is 0 Å². The van der Waals surface area contributed by atoms with Crippen LogP contribution in [-0.2, 0) is 19.1 Å². The Morgan fingerprint density at radius 1 is 1.00 bits per heavy atom. The fourth-order valence-corrected chi connectivity index (χ4v) is 4.71. The van der Waals surface area contributed by atoms with Gasteiger partial charge in [0.1, 0.15) is 5.70 Å². The summed E-state index contributed by atoms with van der Waals surface area (Å²) < 4.78 is 11.2. The van der Waals surface area contributed by atoms with Crippen LogP contribution in [0.15, 0.2) is 30.0 Å². The predicted molar refractivity (Wildman–Crippen MR) is 120 cm³/mol. The second-order valence-corrected chi connectivity index (χ2v) is 8.76. The van der Waals surface area contributed by atoms with E-state index in [0.29, 0.717) is 56.1 Å². The van der Waals surface area contributed by atoms with Gasteiger partial charge in [-0.1, -0.05) is 0 Å². The highest BCUT2D eigenvalue weighted by Gasteiger charge is 2.42. The second-order valence-electron chi connectivity index (χ2n) is 8.76. The number of hydrogen-bond acceptors (Lipinski definition) is 8. The minimum Gasteiger partial charge on any atom is -0.379 e. The highest BCUT2D eigenvalue weighted by atomic mass is 16.6. The number of carbonyl (C=O) groups is 2. The number of ether oxygens (including phenoxy) is 2. The van der Waals surface area contributed by atoms with Gasteiger partial charge in [0.25, 0.3) is 17.5 Å². The SMILES string of the molecule is CC1CN(C2=C(c3ccc([N+](=O)[O-])cc3)C(=O)N(CCCN3CCOCC3)C2=O)CC(C)O1. The fraction of sp³-hybridized carbons (Fsp3) is 0.565. The molecule has 10 nitrogen and oxygen atoms in total. The molecule has 0 N–H and O–H groups in total. The van der Waals surface area contributed by atoms with Crippen molar-refractivity contribution in [1.82, 2.24) is 14.7 Å². The minimum atomic E-state index is -0.482. The zero-order chi connectivity index (χ0) is 23.5. The van der Waals surface area contributed by atoms with E-state index in [1.54, 1.807) is 12.1 Å². The number of rotatable bonds is 7. The topological polar surface area (TPSA) is 105 Å². The first-order chi connectivity index (χ1) is 15.8. The van der Waals surface area contributed by atoms with Crippen molar-refractivity contribution in [1.29, 1.82) is 0 Å². The van der Waals surface area contributed by atoms with E-state index in [0.717, 1.165) is 19.6 Å². The van der Waals surface area contributed by atoms with Gasteiger partial charge in [-0.15, -0.1) is 0 Å². The van der Waals surface area contributed by atoms with Crippen molar-refractivity contribution in [2.45, 2.75) is 32.5 Å². The van der Waals surface area contributed by atoms with Gasteiger partial charge in [-0.3, -0.25) is 29.5 Å². The van der Waals surface area contributed by atoms with Gasteiger partial charge in [0.05, 0.1) is 35.9 Å². The Labute approximate surface area is 192 Å². The van der Waals surface area contributed by atoms with Crippen LogP contribution in [0.3, 0.4) is 0 Å². The van der Waals surface area contributed by atoms with E-state index in [2.05, 4.69) is 4.90 Å². The third-order valence-electron chi connectivity index (χ3n) is 6.21. The molecule has 0 aliphatic carbocycles. The van der Waals surface area contributed by atoms with Crippen LogP contribution in [0.1, 0.15) is 25.8 Å². The number of imide groups is 1. The van der Waals surface area contributed by atoms with Gasteiger partial charge >= 0.3 is 0 Å². The van der Waals surface area contributed by atoms with Gasteiger partial charge < -0.3 is 14.4 Å². The number of nitro benzene ring substituents is 1. The van der Waals surface area contributed by atoms with E-state index in [1.807, 2.05) is 18.7 Å². The Balaban J connectivity index is 1.59. The summed E-state index contributed by atoms with van der Waals surface area (Å²) in [6, 6.07) is 5.82. The standard InChI is InChI=1S/C23H30N4O6/c1-16-14-25(15-17(2)33-16)21-20(18-4-6-19(7-5-18)27(30)31)22(28)26(23(21)29)9-3-8-24-10-12-32-13-11-24/h4-7,16-17H,3,8-15H2,1-2H3. The molecule has 1 aromatic carbocycles. The number of nitrogens with zero attached hydrogens (tertiary/aromatic N) is 4. The van der Waals surface area contributed by atoms with Crippen molar-refractivity contribution in [3.05, 3.63) is 45.6 Å². The van der Waals surface area contributed by atoms with Crippen LogP contribution in [0.25, 0.3) is 5.57 Å². The van der Waals surface area contributed by atoms with Gasteiger partial charge in [0.2, 0.25) is 0 Å². The molecule has 1 aromatic rings. The first-order valence-electron chi connectivity index (χ1n) is 11.4. The van der Waals surface area contributed by atoms with Crippen LogP contribution in [0.4, 0.5) is 5.69 Å². The van der Waals surface area contributed by atoms with Crippen LogP contribution >= 0.6 is 0 Å². The number of morpholine rings is 2. The molecular weight excluding hydrogens is 428 g/mol. The maximum absolute atomic E-state index is 13.5. The highest BCUT2D eigenvalue weighted by molar-refractivity contribution is 6.35. The summed E-state index contributed by atoms with van der Waals surface area (Å²) in [6.07, 6.45) is 0.504. The average Bonchev–Trinajstić information content (AvgIpc) is 3.04. The number of benzene rings is 1. The Morgan fingerprint density at radius 3 is 2.24 bits per heavy atom. The van der Waals surface area contributed by atoms with Crippen LogP contribution in [-0.4, -0.2) is 96.1 Å². The molecule has 2 saturated heterocycles. The number of carbonyl (C=O) groups excluding carboxylic acids is 2. The summed E-state index contributed by atoms with van der Waals surface area (Å²) in [6.45, 7) is 9.08. The third kappa shape index (κ3) is 5.07. The molecule has 3 aliphatic heterocycles. The zero-order valence-electron chi connectivity index (χ0n) is 19.1. The van der Waals surface area contributed by atoms with Crippen molar-refractivity contribution in [2.24, 2.45) is 0 Å². The van der Waals surface area contributed by atoms with Crippen LogP contribution in [0, 0.1) is 10.1 Å². The molecule has 2 atom stereocenters. The van der Waals surface area contributed by atoms with E-state index in [9.17, 15) is 19.7 Å². The normalized spacial score (nSPS) is 24.7. The lowest BCUT2D eigenvalue weighted by Crippen LogP contribution is -2.47. The monoisotopic (exact) mass is 458 g/mol. The van der Waals surface area contributed by atoms with E-state index < -0.39 is 4.92 Å². The molecule has 0 bridgehead atoms. The van der Waals surface area contributed by atoms with Crippen molar-refractivity contribution in [3.8, 4) is 0 Å². The number of hydrogen-bond donors (Lipinski definition) is 0. The Bertz CT molecular complexity index is 931. The summed E-state index contributed by atoms with van der Waals surface area (Å²) >= 11 is 0. The predicted octanol–water partition coefficient (Wildman–Crippen LogP) is 1.51. The van der Waals surface area contributed by atoms with E-state index in [1.165, 1.54) is 17.0 Å². The first-order valence-corrected chi connectivity index (χ1v) is 11.4. The van der Waals surface area contributed by atoms with Crippen molar-refractivity contribution in [2.75, 3.05) is 52.5 Å². The van der Waals surface area contributed by atoms with Gasteiger partial charge in [0, 0.05) is 51.4 Å². The summed E-state index contributed by atoms with van der Waals surface area (Å²) in [4.78, 5) is 43.0. The molecule has 0 spiro atoms. The van der Waals surface area contributed by atoms with Crippen LogP contribution in [0.5, 0.6) is 0 Å². The molecule has 2 unspecified atom stereocenters. The van der Waals surface area contributed by atoms with Crippen LogP contribution < -0.4 is 0 Å². The summed E-state index contributed by atoms with van der Waals surface area (Å²) in [7, 11) is 0. The lowest BCUT2D eigenvalue weighted by atomic mass is 10.0. The number of non-ortho nitro benzene ring substituents is 1. The summed E-state index contributed by atoms with van der Waals surface area (Å²) in [5.74, 6) is -0.658. The van der Waals surface area contributed by atoms with E-state index >= 15 is 0 Å². The Morgan fingerprint density at radius 2 is 1.64 bits per heavy atom. The number of amides is 2. The lowest BCUT2D eigenvalue weighted by molar-refractivity contribution is -0.384. The fourth-order valence-electron chi connectivity index (χ4n) is 4.71. The quantitative estimate of drug-likeness (QED) is 0.344. The molecule has 3 aliphatic rings. The summed E-state index contributed by atoms with van der Waals surface area (Å²) in [5.41, 5.74) is 1.12.